The van der Waals surface area contributed by atoms with Crippen LogP contribution in [0.25, 0.3) is 0 Å². The van der Waals surface area contributed by atoms with Gasteiger partial charge in [0.05, 0.1) is 5.60 Å². The molecule has 0 spiro atoms. The number of aliphatic hydroxyl groups is 1. The molecule has 0 heterocycles. The van der Waals surface area contributed by atoms with E-state index in [4.69, 9.17) is 0 Å². The van der Waals surface area contributed by atoms with Crippen LogP contribution in [0.1, 0.15) is 46.1 Å². The Bertz CT molecular complexity index is 565. The van der Waals surface area contributed by atoms with E-state index in [1.165, 1.54) is 29.2 Å². The SMILES string of the molecule is C=CC[C@](O)(CCN(C(=O)O)C(C)C(C)(C)C)c1ccc(F)cc1. The van der Waals surface area contributed by atoms with E-state index in [-0.39, 0.29) is 36.7 Å². The first-order chi connectivity index (χ1) is 11.0. The van der Waals surface area contributed by atoms with Gasteiger partial charge >= 0.3 is 6.09 Å². The van der Waals surface area contributed by atoms with Crippen LogP contribution in [0.4, 0.5) is 9.18 Å². The Morgan fingerprint density at radius 1 is 1.33 bits per heavy atom. The first kappa shape index (κ1) is 20.2. The van der Waals surface area contributed by atoms with Gasteiger partial charge in [-0.15, -0.1) is 6.58 Å². The summed E-state index contributed by atoms with van der Waals surface area (Å²) in [6.45, 7) is 11.6. The van der Waals surface area contributed by atoms with Gasteiger partial charge in [0, 0.05) is 12.6 Å². The van der Waals surface area contributed by atoms with Crippen LogP contribution in [-0.4, -0.2) is 33.8 Å². The second kappa shape index (κ2) is 7.79. The molecule has 0 radical (unpaired) electrons. The number of nitrogens with zero attached hydrogens (tertiary/aromatic N) is 1. The smallest absolute Gasteiger partial charge is 0.407 e. The van der Waals surface area contributed by atoms with Crippen molar-refractivity contribution in [1.82, 2.24) is 4.90 Å². The topological polar surface area (TPSA) is 60.8 Å². The Morgan fingerprint density at radius 3 is 2.29 bits per heavy atom. The van der Waals surface area contributed by atoms with Gasteiger partial charge < -0.3 is 15.1 Å². The van der Waals surface area contributed by atoms with Gasteiger partial charge in [0.15, 0.2) is 0 Å². The highest BCUT2D eigenvalue weighted by atomic mass is 19.1. The zero-order valence-electron chi connectivity index (χ0n) is 14.9. The van der Waals surface area contributed by atoms with Crippen molar-refractivity contribution < 1.29 is 19.4 Å². The third-order valence-electron chi connectivity index (χ3n) is 4.60. The molecule has 0 saturated carbocycles. The van der Waals surface area contributed by atoms with Gasteiger partial charge in [-0.3, -0.25) is 0 Å². The molecule has 1 amide bonds. The van der Waals surface area contributed by atoms with Crippen LogP contribution in [-0.2, 0) is 5.60 Å². The molecule has 2 atom stereocenters. The predicted molar refractivity (Wildman–Crippen MR) is 93.4 cm³/mol. The maximum absolute atomic E-state index is 13.1. The van der Waals surface area contributed by atoms with Crippen LogP contribution in [0, 0.1) is 11.2 Å². The Labute approximate surface area is 143 Å². The molecule has 24 heavy (non-hydrogen) atoms. The normalized spacial score (nSPS) is 15.4. The summed E-state index contributed by atoms with van der Waals surface area (Å²) in [5.74, 6) is -0.381. The monoisotopic (exact) mass is 337 g/mol. The minimum atomic E-state index is -1.28. The van der Waals surface area contributed by atoms with Crippen LogP contribution < -0.4 is 0 Å². The lowest BCUT2D eigenvalue weighted by molar-refractivity contribution is 0.0106. The van der Waals surface area contributed by atoms with Crippen molar-refractivity contribution in [3.8, 4) is 0 Å². The quantitative estimate of drug-likeness (QED) is 0.725. The van der Waals surface area contributed by atoms with Crippen LogP contribution in [0.2, 0.25) is 0 Å². The van der Waals surface area contributed by atoms with E-state index in [9.17, 15) is 19.4 Å². The lowest BCUT2D eigenvalue weighted by Gasteiger charge is -2.38. The van der Waals surface area contributed by atoms with E-state index in [0.717, 1.165) is 0 Å². The van der Waals surface area contributed by atoms with Gasteiger partial charge in [-0.1, -0.05) is 39.0 Å². The summed E-state index contributed by atoms with van der Waals surface area (Å²) in [5.41, 5.74) is -0.941. The lowest BCUT2D eigenvalue weighted by Crippen LogP contribution is -2.47. The van der Waals surface area contributed by atoms with Gasteiger partial charge in [0.1, 0.15) is 5.82 Å². The Kier molecular flexibility index (Phi) is 6.55. The summed E-state index contributed by atoms with van der Waals surface area (Å²) in [6.07, 6.45) is 1.03. The average molecular weight is 337 g/mol. The molecule has 0 aliphatic heterocycles. The van der Waals surface area contributed by atoms with E-state index in [1.807, 2.05) is 27.7 Å². The van der Waals surface area contributed by atoms with E-state index >= 15 is 0 Å². The van der Waals surface area contributed by atoms with Gasteiger partial charge in [-0.05, 0) is 42.9 Å². The molecule has 0 aromatic heterocycles. The van der Waals surface area contributed by atoms with Crippen LogP contribution in [0.5, 0.6) is 0 Å². The van der Waals surface area contributed by atoms with E-state index < -0.39 is 11.7 Å². The van der Waals surface area contributed by atoms with Crippen molar-refractivity contribution in [3.63, 3.8) is 0 Å². The molecule has 0 saturated heterocycles. The zero-order chi connectivity index (χ0) is 18.5. The number of hydrogen-bond acceptors (Lipinski definition) is 2. The molecule has 1 rings (SSSR count). The molecule has 0 bridgehead atoms. The van der Waals surface area contributed by atoms with E-state index in [1.54, 1.807) is 6.08 Å². The highest BCUT2D eigenvalue weighted by molar-refractivity contribution is 5.65. The molecule has 2 N–H and O–H groups in total. The largest absolute Gasteiger partial charge is 0.465 e. The Hall–Kier alpha value is -1.88. The molecule has 0 aliphatic carbocycles. The van der Waals surface area contributed by atoms with Crippen molar-refractivity contribution in [2.45, 2.75) is 52.2 Å². The highest BCUT2D eigenvalue weighted by Gasteiger charge is 2.33. The summed E-state index contributed by atoms with van der Waals surface area (Å²) in [4.78, 5) is 13.0. The Morgan fingerprint density at radius 2 is 1.88 bits per heavy atom. The lowest BCUT2D eigenvalue weighted by atomic mass is 9.84. The second-order valence-corrected chi connectivity index (χ2v) is 7.30. The number of halogens is 1. The maximum Gasteiger partial charge on any atom is 0.407 e. The van der Waals surface area contributed by atoms with Crippen molar-refractivity contribution in [1.29, 1.82) is 0 Å². The molecule has 1 aromatic rings. The number of hydrogen-bond donors (Lipinski definition) is 2. The number of benzene rings is 1. The van der Waals surface area contributed by atoms with Crippen molar-refractivity contribution in [3.05, 3.63) is 48.3 Å². The molecule has 5 heteroatoms. The molecule has 1 unspecified atom stereocenters. The molecular formula is C19H28FNO3. The molecule has 1 aromatic carbocycles. The van der Waals surface area contributed by atoms with Crippen LogP contribution >= 0.6 is 0 Å². The predicted octanol–water partition coefficient (Wildman–Crippen LogP) is 4.39. The van der Waals surface area contributed by atoms with Crippen molar-refractivity contribution >= 4 is 6.09 Å². The molecule has 0 fully saturated rings. The first-order valence-corrected chi connectivity index (χ1v) is 8.10. The second-order valence-electron chi connectivity index (χ2n) is 7.30. The number of amides is 1. The van der Waals surface area contributed by atoms with Gasteiger partial charge in [0.25, 0.3) is 0 Å². The fraction of sp³-hybridized carbons (Fsp3) is 0.526. The minimum Gasteiger partial charge on any atom is -0.465 e. The number of carboxylic acid groups (broad SMARTS) is 1. The van der Waals surface area contributed by atoms with Gasteiger partial charge in [0.2, 0.25) is 0 Å². The fourth-order valence-corrected chi connectivity index (χ4v) is 2.59. The third-order valence-corrected chi connectivity index (χ3v) is 4.60. The third kappa shape index (κ3) is 5.06. The summed E-state index contributed by atoms with van der Waals surface area (Å²) < 4.78 is 13.1. The molecular weight excluding hydrogens is 309 g/mol. The van der Waals surface area contributed by atoms with Crippen molar-refractivity contribution in [2.75, 3.05) is 6.54 Å². The summed E-state index contributed by atoms with van der Waals surface area (Å²) in [5, 5.41) is 20.5. The highest BCUT2D eigenvalue weighted by Crippen LogP contribution is 2.31. The zero-order valence-corrected chi connectivity index (χ0v) is 14.9. The van der Waals surface area contributed by atoms with Gasteiger partial charge in [-0.25, -0.2) is 9.18 Å². The maximum atomic E-state index is 13.1. The average Bonchev–Trinajstić information content (AvgIpc) is 2.46. The molecule has 4 nitrogen and oxygen atoms in total. The van der Waals surface area contributed by atoms with E-state index in [2.05, 4.69) is 6.58 Å². The fourth-order valence-electron chi connectivity index (χ4n) is 2.59. The summed E-state index contributed by atoms with van der Waals surface area (Å²) in [7, 11) is 0. The van der Waals surface area contributed by atoms with Crippen LogP contribution in [0.3, 0.4) is 0 Å². The molecule has 134 valence electrons. The Balaban J connectivity index is 3.00. The van der Waals surface area contributed by atoms with Gasteiger partial charge in [-0.2, -0.15) is 0 Å². The van der Waals surface area contributed by atoms with E-state index in [0.29, 0.717) is 5.56 Å². The molecule has 0 aliphatic rings. The first-order valence-electron chi connectivity index (χ1n) is 8.10. The van der Waals surface area contributed by atoms with Crippen molar-refractivity contribution in [2.24, 2.45) is 5.41 Å². The minimum absolute atomic E-state index is 0.176. The van der Waals surface area contributed by atoms with Crippen LogP contribution in [0.15, 0.2) is 36.9 Å². The number of rotatable bonds is 7. The summed E-state index contributed by atoms with van der Waals surface area (Å²) in [6, 6.07) is 5.41. The standard InChI is InChI=1S/C19H28FNO3/c1-6-11-19(24,15-7-9-16(20)10-8-15)12-13-21(17(22)23)14(2)18(3,4)5/h6-10,14,24H,1,11-13H2,2-5H3,(H,22,23)/t14?,19-/m0/s1. The number of carbonyl (C=O) groups is 1. The summed E-state index contributed by atoms with van der Waals surface area (Å²) >= 11 is 0.